The first-order valence-corrected chi connectivity index (χ1v) is 11.1. The van der Waals surface area contributed by atoms with Crippen LogP contribution >= 0.6 is 11.3 Å². The average molecular weight is 436 g/mol. The number of anilines is 2. The van der Waals surface area contributed by atoms with E-state index in [0.717, 1.165) is 34.4 Å². The largest absolute Gasteiger partial charge is 0.383 e. The molecule has 3 heterocycles. The number of aromatic nitrogens is 2. The Kier molecular flexibility index (Phi) is 5.99. The maximum absolute atomic E-state index is 13.1. The van der Waals surface area contributed by atoms with E-state index < -0.39 is 11.8 Å². The highest BCUT2D eigenvalue weighted by Crippen LogP contribution is 2.35. The van der Waals surface area contributed by atoms with E-state index >= 15 is 0 Å². The Bertz CT molecular complexity index is 1080. The zero-order chi connectivity index (χ0) is 22.0. The molecule has 31 heavy (non-hydrogen) atoms. The molecule has 0 spiro atoms. The molecular weight excluding hydrogens is 410 g/mol. The number of benzene rings is 1. The number of nitrogen functional groups attached to an aromatic ring is 1. The van der Waals surface area contributed by atoms with E-state index in [4.69, 9.17) is 5.73 Å². The van der Waals surface area contributed by atoms with E-state index in [9.17, 15) is 9.59 Å². The van der Waals surface area contributed by atoms with Crippen molar-refractivity contribution >= 4 is 34.7 Å². The molecule has 8 heteroatoms. The third-order valence-electron chi connectivity index (χ3n) is 5.66. The summed E-state index contributed by atoms with van der Waals surface area (Å²) in [6.45, 7) is 4.46. The van der Waals surface area contributed by atoms with Crippen molar-refractivity contribution in [1.29, 1.82) is 0 Å². The van der Waals surface area contributed by atoms with Crippen LogP contribution in [0.25, 0.3) is 10.4 Å². The van der Waals surface area contributed by atoms with Crippen LogP contribution in [0.4, 0.5) is 11.5 Å². The van der Waals surface area contributed by atoms with Crippen LogP contribution in [-0.4, -0.2) is 33.2 Å². The standard InChI is InChI=1S/C23H25N5O2S/c1-14-3-8-19(16-4-6-17(7-5-16)20-11-25-13-31-20)28(12-14)23(30)22(29)27-18-9-15(2)21(24)26-10-18/h4-7,9-11,13-14,19H,3,8,12H2,1-2H3,(H2,24,26)(H,27,29)/t14-,19?/m0/s1. The van der Waals surface area contributed by atoms with Gasteiger partial charge in [-0.2, -0.15) is 0 Å². The molecule has 1 aliphatic heterocycles. The number of rotatable bonds is 3. The monoisotopic (exact) mass is 435 g/mol. The molecular formula is C23H25N5O2S. The van der Waals surface area contributed by atoms with Gasteiger partial charge in [0, 0.05) is 12.7 Å². The van der Waals surface area contributed by atoms with E-state index in [0.29, 0.717) is 24.0 Å². The minimum atomic E-state index is -0.661. The number of piperidine rings is 1. The topological polar surface area (TPSA) is 101 Å². The number of thiazole rings is 1. The van der Waals surface area contributed by atoms with Crippen LogP contribution in [-0.2, 0) is 9.59 Å². The number of amides is 2. The summed E-state index contributed by atoms with van der Waals surface area (Å²) in [5.41, 5.74) is 10.9. The number of nitrogens with one attached hydrogen (secondary N) is 1. The summed E-state index contributed by atoms with van der Waals surface area (Å²) >= 11 is 1.59. The Labute approximate surface area is 185 Å². The number of carbonyl (C=O) groups excluding carboxylic acids is 2. The number of pyridine rings is 1. The van der Waals surface area contributed by atoms with Crippen molar-refractivity contribution in [2.24, 2.45) is 5.92 Å². The highest BCUT2D eigenvalue weighted by atomic mass is 32.1. The molecule has 3 aromatic rings. The number of aryl methyl sites for hydroxylation is 1. The van der Waals surface area contributed by atoms with Crippen molar-refractivity contribution in [2.75, 3.05) is 17.6 Å². The Hall–Kier alpha value is -3.26. The minimum absolute atomic E-state index is 0.128. The second-order valence-electron chi connectivity index (χ2n) is 8.02. The molecule has 7 nitrogen and oxygen atoms in total. The molecule has 1 aromatic carbocycles. The van der Waals surface area contributed by atoms with Gasteiger partial charge in [-0.15, -0.1) is 11.3 Å². The van der Waals surface area contributed by atoms with E-state index in [2.05, 4.69) is 22.2 Å². The summed E-state index contributed by atoms with van der Waals surface area (Å²) < 4.78 is 0. The van der Waals surface area contributed by atoms with Gasteiger partial charge in [0.25, 0.3) is 0 Å². The number of nitrogens with zero attached hydrogens (tertiary/aromatic N) is 3. The van der Waals surface area contributed by atoms with Crippen LogP contribution in [0.3, 0.4) is 0 Å². The van der Waals surface area contributed by atoms with Gasteiger partial charge in [0.1, 0.15) is 5.82 Å². The smallest absolute Gasteiger partial charge is 0.313 e. The predicted octanol–water partition coefficient (Wildman–Crippen LogP) is 4.03. The third kappa shape index (κ3) is 4.59. The van der Waals surface area contributed by atoms with E-state index in [-0.39, 0.29) is 6.04 Å². The summed E-state index contributed by atoms with van der Waals surface area (Å²) in [6, 6.07) is 9.76. The summed E-state index contributed by atoms with van der Waals surface area (Å²) in [5.74, 6) is -0.454. The molecule has 160 valence electrons. The van der Waals surface area contributed by atoms with Crippen molar-refractivity contribution in [1.82, 2.24) is 14.9 Å². The van der Waals surface area contributed by atoms with Crippen LogP contribution in [0.1, 0.15) is 36.9 Å². The van der Waals surface area contributed by atoms with Crippen LogP contribution in [0.15, 0.2) is 48.2 Å². The van der Waals surface area contributed by atoms with Crippen LogP contribution in [0, 0.1) is 12.8 Å². The van der Waals surface area contributed by atoms with Gasteiger partial charge >= 0.3 is 11.8 Å². The fraction of sp³-hybridized carbons (Fsp3) is 0.304. The zero-order valence-corrected chi connectivity index (χ0v) is 18.4. The van der Waals surface area contributed by atoms with Gasteiger partial charge in [-0.25, -0.2) is 4.98 Å². The first kappa shape index (κ1) is 21.0. The number of nitrogens with two attached hydrogens (primary N) is 1. The number of likely N-dealkylation sites (tertiary alicyclic amines) is 1. The maximum Gasteiger partial charge on any atom is 0.313 e. The summed E-state index contributed by atoms with van der Waals surface area (Å²) in [4.78, 5) is 36.8. The van der Waals surface area contributed by atoms with Crippen molar-refractivity contribution < 1.29 is 9.59 Å². The summed E-state index contributed by atoms with van der Waals surface area (Å²) in [7, 11) is 0. The van der Waals surface area contributed by atoms with Crippen LogP contribution in [0.2, 0.25) is 0 Å². The molecule has 2 aromatic heterocycles. The molecule has 0 saturated carbocycles. The quantitative estimate of drug-likeness (QED) is 0.605. The Morgan fingerprint density at radius 2 is 1.97 bits per heavy atom. The SMILES string of the molecule is Cc1cc(NC(=O)C(=O)N2C[C@@H](C)CCC2c2ccc(-c3cncs3)cc2)cnc1N. The van der Waals surface area contributed by atoms with Crippen molar-refractivity contribution in [3.05, 3.63) is 59.4 Å². The summed E-state index contributed by atoms with van der Waals surface area (Å²) in [5, 5.41) is 2.67. The van der Waals surface area contributed by atoms with Crippen molar-refractivity contribution in [2.45, 2.75) is 32.7 Å². The highest BCUT2D eigenvalue weighted by Gasteiger charge is 2.34. The van der Waals surface area contributed by atoms with Gasteiger partial charge in [0.15, 0.2) is 0 Å². The molecule has 1 saturated heterocycles. The first-order chi connectivity index (χ1) is 14.9. The fourth-order valence-corrected chi connectivity index (χ4v) is 4.55. The lowest BCUT2D eigenvalue weighted by molar-refractivity contribution is -0.146. The van der Waals surface area contributed by atoms with Crippen LogP contribution < -0.4 is 11.1 Å². The van der Waals surface area contributed by atoms with Crippen LogP contribution in [0.5, 0.6) is 0 Å². The Morgan fingerprint density at radius 1 is 1.19 bits per heavy atom. The normalized spacial score (nSPS) is 18.6. The second kappa shape index (κ2) is 8.85. The van der Waals surface area contributed by atoms with E-state index in [1.807, 2.05) is 36.0 Å². The predicted molar refractivity (Wildman–Crippen MR) is 122 cm³/mol. The molecule has 3 N–H and O–H groups in total. The van der Waals surface area contributed by atoms with Gasteiger partial charge < -0.3 is 16.0 Å². The molecule has 4 rings (SSSR count). The number of hydrogen-bond acceptors (Lipinski definition) is 6. The molecule has 0 aliphatic carbocycles. The third-order valence-corrected chi connectivity index (χ3v) is 6.48. The molecule has 1 unspecified atom stereocenters. The highest BCUT2D eigenvalue weighted by molar-refractivity contribution is 7.13. The van der Waals surface area contributed by atoms with Gasteiger partial charge in [0.05, 0.1) is 28.3 Å². The lowest BCUT2D eigenvalue weighted by Crippen LogP contribution is -2.46. The Balaban J connectivity index is 1.53. The Morgan fingerprint density at radius 3 is 2.65 bits per heavy atom. The van der Waals surface area contributed by atoms with E-state index in [1.165, 1.54) is 6.20 Å². The average Bonchev–Trinajstić information content (AvgIpc) is 3.31. The second-order valence-corrected chi connectivity index (χ2v) is 8.91. The van der Waals surface area contributed by atoms with Gasteiger partial charge in [0.2, 0.25) is 0 Å². The molecule has 0 bridgehead atoms. The molecule has 0 radical (unpaired) electrons. The van der Waals surface area contributed by atoms with Gasteiger partial charge in [-0.1, -0.05) is 31.2 Å². The van der Waals surface area contributed by atoms with E-state index in [1.54, 1.807) is 29.2 Å². The number of carbonyl (C=O) groups is 2. The minimum Gasteiger partial charge on any atom is -0.383 e. The first-order valence-electron chi connectivity index (χ1n) is 10.2. The lowest BCUT2D eigenvalue weighted by Gasteiger charge is -2.38. The maximum atomic E-state index is 13.1. The van der Waals surface area contributed by atoms with Gasteiger partial charge in [-0.05, 0) is 48.4 Å². The van der Waals surface area contributed by atoms with Crippen molar-refractivity contribution in [3.8, 4) is 10.4 Å². The molecule has 2 amide bonds. The molecule has 1 aliphatic rings. The zero-order valence-electron chi connectivity index (χ0n) is 17.5. The van der Waals surface area contributed by atoms with Gasteiger partial charge in [-0.3, -0.25) is 14.6 Å². The lowest BCUT2D eigenvalue weighted by atomic mass is 9.89. The summed E-state index contributed by atoms with van der Waals surface area (Å²) in [6.07, 6.45) is 5.13. The molecule has 1 fully saturated rings. The number of hydrogen-bond donors (Lipinski definition) is 2. The van der Waals surface area contributed by atoms with Crippen molar-refractivity contribution in [3.63, 3.8) is 0 Å². The molecule has 2 atom stereocenters. The fourth-order valence-electron chi connectivity index (χ4n) is 3.92.